The smallest absolute Gasteiger partial charge is 0.355 e. The number of carbonyl (C=O) groups is 3. The summed E-state index contributed by atoms with van der Waals surface area (Å²) in [6.45, 7) is 0.420. The van der Waals surface area contributed by atoms with Gasteiger partial charge in [0.25, 0.3) is 0 Å². The van der Waals surface area contributed by atoms with Gasteiger partial charge < -0.3 is 24.4 Å². The van der Waals surface area contributed by atoms with Gasteiger partial charge in [-0.1, -0.05) is 6.07 Å². The van der Waals surface area contributed by atoms with Gasteiger partial charge in [0.05, 0.1) is 32.1 Å². The number of carbonyl (C=O) groups excluding carboxylic acids is 3. The normalized spacial score (nSPS) is 16.8. The summed E-state index contributed by atoms with van der Waals surface area (Å²) in [5.74, 6) is -1.33. The molecule has 138 valence electrons. The van der Waals surface area contributed by atoms with Crippen molar-refractivity contribution in [2.24, 2.45) is 0 Å². The molecule has 1 aromatic rings. The van der Waals surface area contributed by atoms with Crippen molar-refractivity contribution in [2.45, 2.75) is 6.54 Å². The van der Waals surface area contributed by atoms with Crippen LogP contribution in [0.25, 0.3) is 0 Å². The average molecular weight is 361 g/mol. The number of esters is 2. The van der Waals surface area contributed by atoms with Crippen molar-refractivity contribution >= 4 is 29.3 Å². The van der Waals surface area contributed by atoms with Crippen LogP contribution >= 0.6 is 0 Å². The highest BCUT2D eigenvalue weighted by atomic mass is 16.5. The Morgan fingerprint density at radius 1 is 1.19 bits per heavy atom. The first-order valence-electron chi connectivity index (χ1n) is 7.87. The van der Waals surface area contributed by atoms with Gasteiger partial charge in [-0.2, -0.15) is 0 Å². The molecule has 0 aliphatic carbocycles. The summed E-state index contributed by atoms with van der Waals surface area (Å²) < 4.78 is 15.0. The number of methoxy groups -OCH3 is 2. The molecule has 0 fully saturated rings. The van der Waals surface area contributed by atoms with Crippen molar-refractivity contribution in [3.05, 3.63) is 35.0 Å². The van der Waals surface area contributed by atoms with Crippen LogP contribution in [0.2, 0.25) is 0 Å². The van der Waals surface area contributed by atoms with Crippen LogP contribution < -0.4 is 15.1 Å². The van der Waals surface area contributed by atoms with Crippen molar-refractivity contribution < 1.29 is 28.6 Å². The van der Waals surface area contributed by atoms with Gasteiger partial charge in [0, 0.05) is 19.3 Å². The third kappa shape index (κ3) is 2.97. The highest BCUT2D eigenvalue weighted by Crippen LogP contribution is 2.32. The first-order chi connectivity index (χ1) is 12.5. The molecule has 0 saturated carbocycles. The third-order valence-electron chi connectivity index (χ3n) is 4.31. The molecule has 9 nitrogen and oxygen atoms in total. The van der Waals surface area contributed by atoms with E-state index >= 15 is 0 Å². The number of amides is 2. The molecule has 26 heavy (non-hydrogen) atoms. The number of benzene rings is 1. The van der Waals surface area contributed by atoms with Gasteiger partial charge >= 0.3 is 18.0 Å². The van der Waals surface area contributed by atoms with Crippen molar-refractivity contribution in [3.63, 3.8) is 0 Å². The molecular formula is C17H19N3O6. The molecule has 0 radical (unpaired) electrons. The van der Waals surface area contributed by atoms with E-state index in [1.165, 1.54) is 24.0 Å². The number of fused-ring (bicyclic) bond motifs is 1. The monoisotopic (exact) mass is 361 g/mol. The van der Waals surface area contributed by atoms with E-state index in [1.807, 2.05) is 6.07 Å². The SMILES string of the molecule is COC(=O)C1=C(C(=O)OC)N(c2ccc3c(c2)N(C)C(=O)NC3)COC1. The molecule has 2 aliphatic rings. The van der Waals surface area contributed by atoms with E-state index in [-0.39, 0.29) is 30.6 Å². The summed E-state index contributed by atoms with van der Waals surface area (Å²) in [5, 5.41) is 2.76. The van der Waals surface area contributed by atoms with Crippen molar-refractivity contribution in [3.8, 4) is 0 Å². The Labute approximate surface area is 150 Å². The zero-order chi connectivity index (χ0) is 18.8. The van der Waals surface area contributed by atoms with Gasteiger partial charge in [-0.05, 0) is 17.7 Å². The van der Waals surface area contributed by atoms with Crippen LogP contribution in [0.1, 0.15) is 5.56 Å². The maximum atomic E-state index is 12.3. The fourth-order valence-corrected chi connectivity index (χ4v) is 2.93. The van der Waals surface area contributed by atoms with Crippen LogP contribution in [0.4, 0.5) is 16.2 Å². The Morgan fingerprint density at radius 2 is 1.92 bits per heavy atom. The molecule has 0 bridgehead atoms. The summed E-state index contributed by atoms with van der Waals surface area (Å²) in [4.78, 5) is 39.3. The van der Waals surface area contributed by atoms with Crippen LogP contribution in [-0.4, -0.2) is 52.6 Å². The van der Waals surface area contributed by atoms with E-state index in [0.717, 1.165) is 5.56 Å². The van der Waals surface area contributed by atoms with Crippen LogP contribution in [0.15, 0.2) is 29.5 Å². The Bertz CT molecular complexity index is 804. The Morgan fingerprint density at radius 3 is 2.62 bits per heavy atom. The lowest BCUT2D eigenvalue weighted by Crippen LogP contribution is -2.42. The molecule has 2 heterocycles. The zero-order valence-electron chi connectivity index (χ0n) is 14.7. The largest absolute Gasteiger partial charge is 0.466 e. The zero-order valence-corrected chi connectivity index (χ0v) is 14.7. The molecule has 3 rings (SSSR count). The Balaban J connectivity index is 2.08. The third-order valence-corrected chi connectivity index (χ3v) is 4.31. The first-order valence-corrected chi connectivity index (χ1v) is 7.87. The fourth-order valence-electron chi connectivity index (χ4n) is 2.93. The van der Waals surface area contributed by atoms with Gasteiger partial charge in [-0.15, -0.1) is 0 Å². The molecule has 2 amide bonds. The van der Waals surface area contributed by atoms with Crippen molar-refractivity contribution in [1.29, 1.82) is 0 Å². The fraction of sp³-hybridized carbons (Fsp3) is 0.353. The topological polar surface area (TPSA) is 97.4 Å². The van der Waals surface area contributed by atoms with E-state index in [1.54, 1.807) is 19.2 Å². The van der Waals surface area contributed by atoms with Gasteiger partial charge in [-0.25, -0.2) is 14.4 Å². The predicted molar refractivity (Wildman–Crippen MR) is 91.4 cm³/mol. The maximum absolute atomic E-state index is 12.3. The minimum Gasteiger partial charge on any atom is -0.466 e. The second-order valence-electron chi connectivity index (χ2n) is 5.75. The van der Waals surface area contributed by atoms with Crippen LogP contribution in [0, 0.1) is 0 Å². The minimum atomic E-state index is -0.669. The summed E-state index contributed by atoms with van der Waals surface area (Å²) in [6, 6.07) is 5.18. The van der Waals surface area contributed by atoms with E-state index in [4.69, 9.17) is 14.2 Å². The lowest BCUT2D eigenvalue weighted by Gasteiger charge is -2.33. The molecule has 0 saturated heterocycles. The van der Waals surface area contributed by atoms with Crippen molar-refractivity contribution in [1.82, 2.24) is 5.32 Å². The number of anilines is 2. The molecular weight excluding hydrogens is 342 g/mol. The van der Waals surface area contributed by atoms with Gasteiger partial charge in [-0.3, -0.25) is 4.90 Å². The van der Waals surface area contributed by atoms with Gasteiger partial charge in [0.15, 0.2) is 0 Å². The lowest BCUT2D eigenvalue weighted by molar-refractivity contribution is -0.140. The van der Waals surface area contributed by atoms with Crippen LogP contribution in [-0.2, 0) is 30.3 Å². The summed E-state index contributed by atoms with van der Waals surface area (Å²) in [6.07, 6.45) is 0. The highest BCUT2D eigenvalue weighted by molar-refractivity contribution is 6.03. The number of ether oxygens (including phenoxy) is 3. The first kappa shape index (κ1) is 17.7. The molecule has 1 N–H and O–H groups in total. The predicted octanol–water partition coefficient (Wildman–Crippen LogP) is 0.740. The number of hydrogen-bond donors (Lipinski definition) is 1. The van der Waals surface area contributed by atoms with E-state index in [2.05, 4.69) is 5.32 Å². The maximum Gasteiger partial charge on any atom is 0.355 e. The molecule has 1 aromatic carbocycles. The Hall–Kier alpha value is -3.07. The van der Waals surface area contributed by atoms with Crippen molar-refractivity contribution in [2.75, 3.05) is 44.4 Å². The second-order valence-corrected chi connectivity index (χ2v) is 5.75. The average Bonchev–Trinajstić information content (AvgIpc) is 2.68. The summed E-state index contributed by atoms with van der Waals surface area (Å²) in [5.41, 5.74) is 2.38. The highest BCUT2D eigenvalue weighted by Gasteiger charge is 2.33. The minimum absolute atomic E-state index is 0.0547. The van der Waals surface area contributed by atoms with E-state index in [9.17, 15) is 14.4 Å². The standard InChI is InChI=1S/C17H19N3O6/c1-19-13-6-11(5-4-10(13)7-18-17(19)23)20-9-26-8-12(15(21)24-2)14(20)16(22)25-3/h4-6H,7-9H2,1-3H3,(H,18,23). The van der Waals surface area contributed by atoms with Gasteiger partial charge in [0.1, 0.15) is 12.4 Å². The molecule has 0 aromatic heterocycles. The number of urea groups is 1. The van der Waals surface area contributed by atoms with Crippen LogP contribution in [0.5, 0.6) is 0 Å². The summed E-state index contributed by atoms with van der Waals surface area (Å²) in [7, 11) is 4.12. The lowest BCUT2D eigenvalue weighted by atomic mass is 10.1. The number of hydrogen-bond acceptors (Lipinski definition) is 7. The molecule has 0 unspecified atom stereocenters. The van der Waals surface area contributed by atoms with E-state index < -0.39 is 11.9 Å². The molecule has 2 aliphatic heterocycles. The van der Waals surface area contributed by atoms with E-state index in [0.29, 0.717) is 17.9 Å². The quantitative estimate of drug-likeness (QED) is 0.793. The second kappa shape index (κ2) is 7.04. The number of nitrogens with one attached hydrogen (secondary N) is 1. The van der Waals surface area contributed by atoms with Gasteiger partial charge in [0.2, 0.25) is 0 Å². The Kier molecular flexibility index (Phi) is 4.81. The number of rotatable bonds is 3. The number of nitrogens with zero attached hydrogens (tertiary/aromatic N) is 2. The molecule has 0 spiro atoms. The summed E-state index contributed by atoms with van der Waals surface area (Å²) >= 11 is 0. The molecule has 0 atom stereocenters. The van der Waals surface area contributed by atoms with Crippen LogP contribution in [0.3, 0.4) is 0 Å². The molecule has 9 heteroatoms.